The second-order valence-corrected chi connectivity index (χ2v) is 4.63. The second kappa shape index (κ2) is 7.75. The Morgan fingerprint density at radius 1 is 0.826 bits per heavy atom. The van der Waals surface area contributed by atoms with Gasteiger partial charge in [0.2, 0.25) is 0 Å². The molecule has 4 nitrogen and oxygen atoms in total. The molecule has 2 aromatic carbocycles. The molecule has 1 atom stereocenters. The average Bonchev–Trinajstić information content (AvgIpc) is 2.61. The molecule has 0 aliphatic rings. The summed E-state index contributed by atoms with van der Waals surface area (Å²) in [4.78, 5) is 22.8. The summed E-state index contributed by atoms with van der Waals surface area (Å²) in [7, 11) is 0. The van der Waals surface area contributed by atoms with Gasteiger partial charge in [-0.1, -0.05) is 55.6 Å². The van der Waals surface area contributed by atoms with E-state index in [0.29, 0.717) is 5.75 Å². The number of rotatable bonds is 6. The largest absolute Gasteiger partial charge is 0.449 e. The van der Waals surface area contributed by atoms with Gasteiger partial charge in [-0.05, 0) is 23.3 Å². The number of hydrogen-bond donors (Lipinski definition) is 0. The molecular weight excluding hydrogens is 292 g/mol. The Morgan fingerprint density at radius 3 is 1.96 bits per heavy atom. The average molecular weight is 308 g/mol. The molecule has 0 amide bonds. The van der Waals surface area contributed by atoms with Crippen molar-refractivity contribution in [2.24, 2.45) is 0 Å². The molecule has 0 N–H and O–H groups in total. The van der Waals surface area contributed by atoms with E-state index in [2.05, 4.69) is 13.2 Å². The molecule has 1 unspecified atom stereocenters. The quantitative estimate of drug-likeness (QED) is 0.465. The van der Waals surface area contributed by atoms with E-state index in [-0.39, 0.29) is 0 Å². The molecule has 116 valence electrons. The van der Waals surface area contributed by atoms with E-state index in [1.807, 2.05) is 30.3 Å². The van der Waals surface area contributed by atoms with Crippen LogP contribution >= 0.6 is 0 Å². The zero-order valence-corrected chi connectivity index (χ0v) is 12.5. The van der Waals surface area contributed by atoms with Crippen LogP contribution in [0, 0.1) is 0 Å². The van der Waals surface area contributed by atoms with E-state index in [9.17, 15) is 9.59 Å². The van der Waals surface area contributed by atoms with Crippen LogP contribution in [0.5, 0.6) is 5.75 Å². The molecule has 0 heterocycles. The Balaban J connectivity index is 2.28. The molecule has 23 heavy (non-hydrogen) atoms. The summed E-state index contributed by atoms with van der Waals surface area (Å²) in [6, 6.07) is 16.1. The number of ether oxygens (including phenoxy) is 2. The molecular formula is C19H16O4. The van der Waals surface area contributed by atoms with E-state index < -0.39 is 18.0 Å². The summed E-state index contributed by atoms with van der Waals surface area (Å²) in [5, 5.41) is 0. The standard InChI is InChI=1S/C19H16O4/c1-3-17(20)22-16-12-10-15(11-13-16)19(23-18(21)4-2)14-8-6-5-7-9-14/h3-13,19H,1-2H2. The lowest BCUT2D eigenvalue weighted by molar-refractivity contribution is -0.141. The van der Waals surface area contributed by atoms with E-state index >= 15 is 0 Å². The van der Waals surface area contributed by atoms with Gasteiger partial charge in [-0.2, -0.15) is 0 Å². The lowest BCUT2D eigenvalue weighted by Gasteiger charge is -2.18. The second-order valence-electron chi connectivity index (χ2n) is 4.63. The van der Waals surface area contributed by atoms with Crippen LogP contribution in [0.1, 0.15) is 17.2 Å². The SMILES string of the molecule is C=CC(=O)Oc1ccc(C(OC(=O)C=C)c2ccccc2)cc1. The monoisotopic (exact) mass is 308 g/mol. The number of carbonyl (C=O) groups is 2. The van der Waals surface area contributed by atoms with Crippen molar-refractivity contribution in [1.29, 1.82) is 0 Å². The number of carbonyl (C=O) groups excluding carboxylic acids is 2. The van der Waals surface area contributed by atoms with Gasteiger partial charge in [0.1, 0.15) is 5.75 Å². The fourth-order valence-electron chi connectivity index (χ4n) is 1.99. The number of esters is 2. The van der Waals surface area contributed by atoms with Crippen molar-refractivity contribution in [3.05, 3.63) is 91.0 Å². The van der Waals surface area contributed by atoms with Gasteiger partial charge in [-0.3, -0.25) is 0 Å². The van der Waals surface area contributed by atoms with Crippen LogP contribution in [0.15, 0.2) is 79.9 Å². The Hall–Kier alpha value is -3.14. The summed E-state index contributed by atoms with van der Waals surface area (Å²) in [6.45, 7) is 6.76. The Morgan fingerprint density at radius 2 is 1.39 bits per heavy atom. The fraction of sp³-hybridized carbons (Fsp3) is 0.0526. The van der Waals surface area contributed by atoms with Gasteiger partial charge in [0.05, 0.1) is 0 Å². The highest BCUT2D eigenvalue weighted by molar-refractivity contribution is 5.83. The summed E-state index contributed by atoms with van der Waals surface area (Å²) in [6.07, 6.45) is 1.65. The van der Waals surface area contributed by atoms with Gasteiger partial charge < -0.3 is 9.47 Å². The maximum atomic E-state index is 11.6. The van der Waals surface area contributed by atoms with Crippen molar-refractivity contribution in [2.75, 3.05) is 0 Å². The minimum absolute atomic E-state index is 0.389. The molecule has 2 rings (SSSR count). The summed E-state index contributed by atoms with van der Waals surface area (Å²) in [5.74, 6) is -0.656. The Bertz CT molecular complexity index is 702. The maximum Gasteiger partial charge on any atom is 0.335 e. The fourth-order valence-corrected chi connectivity index (χ4v) is 1.99. The highest BCUT2D eigenvalue weighted by Crippen LogP contribution is 2.27. The third kappa shape index (κ3) is 4.41. The van der Waals surface area contributed by atoms with Crippen LogP contribution in [-0.2, 0) is 14.3 Å². The van der Waals surface area contributed by atoms with Crippen molar-refractivity contribution in [3.8, 4) is 5.75 Å². The molecule has 0 saturated heterocycles. The summed E-state index contributed by atoms with van der Waals surface area (Å²) >= 11 is 0. The topological polar surface area (TPSA) is 52.6 Å². The molecule has 0 aliphatic heterocycles. The van der Waals surface area contributed by atoms with Crippen LogP contribution in [0.25, 0.3) is 0 Å². The van der Waals surface area contributed by atoms with Gasteiger partial charge in [-0.25, -0.2) is 9.59 Å². The van der Waals surface area contributed by atoms with E-state index in [1.165, 1.54) is 0 Å². The van der Waals surface area contributed by atoms with Crippen molar-refractivity contribution in [1.82, 2.24) is 0 Å². The summed E-state index contributed by atoms with van der Waals surface area (Å²) in [5.41, 5.74) is 1.59. The Labute approximate surface area is 134 Å². The van der Waals surface area contributed by atoms with E-state index in [1.54, 1.807) is 24.3 Å². The third-order valence-electron chi connectivity index (χ3n) is 3.07. The zero-order valence-electron chi connectivity index (χ0n) is 12.5. The van der Waals surface area contributed by atoms with Crippen molar-refractivity contribution in [2.45, 2.75) is 6.10 Å². The zero-order chi connectivity index (χ0) is 16.7. The minimum atomic E-state index is -0.564. The minimum Gasteiger partial charge on any atom is -0.449 e. The number of hydrogen-bond acceptors (Lipinski definition) is 4. The predicted octanol–water partition coefficient (Wildman–Crippen LogP) is 3.60. The van der Waals surface area contributed by atoms with Crippen LogP contribution in [0.4, 0.5) is 0 Å². The van der Waals surface area contributed by atoms with Crippen LogP contribution in [0.2, 0.25) is 0 Å². The van der Waals surface area contributed by atoms with Crippen LogP contribution in [0.3, 0.4) is 0 Å². The van der Waals surface area contributed by atoms with Crippen molar-refractivity contribution < 1.29 is 19.1 Å². The highest BCUT2D eigenvalue weighted by Gasteiger charge is 2.17. The first-order valence-electron chi connectivity index (χ1n) is 6.96. The van der Waals surface area contributed by atoms with Gasteiger partial charge in [0, 0.05) is 12.2 Å². The first-order valence-corrected chi connectivity index (χ1v) is 6.96. The molecule has 0 aliphatic carbocycles. The molecule has 2 aromatic rings. The molecule has 0 aromatic heterocycles. The third-order valence-corrected chi connectivity index (χ3v) is 3.07. The molecule has 0 radical (unpaired) electrons. The van der Waals surface area contributed by atoms with Crippen molar-refractivity contribution in [3.63, 3.8) is 0 Å². The maximum absolute atomic E-state index is 11.6. The Kier molecular flexibility index (Phi) is 5.47. The smallest absolute Gasteiger partial charge is 0.335 e. The van der Waals surface area contributed by atoms with Crippen molar-refractivity contribution >= 4 is 11.9 Å². The van der Waals surface area contributed by atoms with E-state index in [4.69, 9.17) is 9.47 Å². The number of benzene rings is 2. The molecule has 0 bridgehead atoms. The lowest BCUT2D eigenvalue weighted by atomic mass is 10.0. The van der Waals surface area contributed by atoms with Gasteiger partial charge in [0.25, 0.3) is 0 Å². The van der Waals surface area contributed by atoms with Crippen LogP contribution < -0.4 is 4.74 Å². The van der Waals surface area contributed by atoms with Gasteiger partial charge in [-0.15, -0.1) is 0 Å². The normalized spacial score (nSPS) is 11.1. The van der Waals surface area contributed by atoms with Gasteiger partial charge >= 0.3 is 11.9 Å². The molecule has 0 spiro atoms. The first-order chi connectivity index (χ1) is 11.1. The first kappa shape index (κ1) is 16.2. The summed E-state index contributed by atoms with van der Waals surface area (Å²) < 4.78 is 10.5. The van der Waals surface area contributed by atoms with Crippen LogP contribution in [-0.4, -0.2) is 11.9 Å². The van der Waals surface area contributed by atoms with Gasteiger partial charge in [0.15, 0.2) is 6.10 Å². The molecule has 4 heteroatoms. The highest BCUT2D eigenvalue weighted by atomic mass is 16.5. The lowest BCUT2D eigenvalue weighted by Crippen LogP contribution is -2.11. The molecule has 0 fully saturated rings. The van der Waals surface area contributed by atoms with E-state index in [0.717, 1.165) is 23.3 Å². The predicted molar refractivity (Wildman–Crippen MR) is 86.8 cm³/mol. The molecule has 0 saturated carbocycles.